The van der Waals surface area contributed by atoms with Crippen LogP contribution in [0.25, 0.3) is 0 Å². The Morgan fingerprint density at radius 3 is 2.50 bits per heavy atom. The van der Waals surface area contributed by atoms with Crippen LogP contribution in [0.3, 0.4) is 0 Å². The van der Waals surface area contributed by atoms with Crippen LogP contribution in [0.15, 0.2) is 36.4 Å². The molecule has 0 spiro atoms. The third-order valence-corrected chi connectivity index (χ3v) is 4.20. The minimum Gasteiger partial charge on any atom is -0.326 e. The Hall–Kier alpha value is -2.56. The van der Waals surface area contributed by atoms with Crippen LogP contribution in [-0.2, 0) is 17.6 Å². The normalized spacial score (nSPS) is 12.8. The van der Waals surface area contributed by atoms with Gasteiger partial charge >= 0.3 is 0 Å². The van der Waals surface area contributed by atoms with Gasteiger partial charge in [-0.25, -0.2) is 8.78 Å². The molecule has 5 heteroatoms. The number of fused-ring (bicyclic) bond motifs is 1. The zero-order valence-corrected chi connectivity index (χ0v) is 13.1. The minimum absolute atomic E-state index is 0.00505. The summed E-state index contributed by atoms with van der Waals surface area (Å²) in [4.78, 5) is 24.1. The van der Waals surface area contributed by atoms with Crippen molar-refractivity contribution < 1.29 is 18.4 Å². The van der Waals surface area contributed by atoms with Crippen LogP contribution >= 0.6 is 0 Å². The molecule has 3 rings (SSSR count). The first-order valence-corrected chi connectivity index (χ1v) is 7.93. The van der Waals surface area contributed by atoms with E-state index in [1.807, 2.05) is 12.1 Å². The lowest BCUT2D eigenvalue weighted by molar-refractivity contribution is -0.116. The van der Waals surface area contributed by atoms with Crippen LogP contribution < -0.4 is 5.32 Å². The Labute approximate surface area is 138 Å². The highest BCUT2D eigenvalue weighted by molar-refractivity contribution is 6.00. The van der Waals surface area contributed by atoms with Crippen molar-refractivity contribution in [3.63, 3.8) is 0 Å². The molecule has 0 saturated carbocycles. The van der Waals surface area contributed by atoms with Crippen molar-refractivity contribution in [2.24, 2.45) is 0 Å². The fraction of sp³-hybridized carbons (Fsp3) is 0.263. The molecular formula is C19H17F2NO2. The SMILES string of the molecule is O=C(CCC(=O)c1ccc2c(c1)CCC2)Nc1ccc(F)c(F)c1. The quantitative estimate of drug-likeness (QED) is 0.841. The largest absolute Gasteiger partial charge is 0.326 e. The number of hydrogen-bond acceptors (Lipinski definition) is 2. The van der Waals surface area contributed by atoms with Crippen molar-refractivity contribution in [1.82, 2.24) is 0 Å². The summed E-state index contributed by atoms with van der Waals surface area (Å²) in [5.41, 5.74) is 3.30. The molecule has 0 aromatic heterocycles. The summed E-state index contributed by atoms with van der Waals surface area (Å²) >= 11 is 0. The molecular weight excluding hydrogens is 312 g/mol. The lowest BCUT2D eigenvalue weighted by Crippen LogP contribution is -2.14. The molecule has 0 aliphatic heterocycles. The van der Waals surface area contributed by atoms with E-state index in [4.69, 9.17) is 0 Å². The van der Waals surface area contributed by atoms with Crippen LogP contribution in [0.2, 0.25) is 0 Å². The number of carbonyl (C=O) groups excluding carboxylic acids is 2. The molecule has 2 aromatic rings. The molecule has 0 unspecified atom stereocenters. The minimum atomic E-state index is -1.03. The van der Waals surface area contributed by atoms with E-state index >= 15 is 0 Å². The van der Waals surface area contributed by atoms with Gasteiger partial charge in [0.15, 0.2) is 17.4 Å². The monoisotopic (exact) mass is 329 g/mol. The van der Waals surface area contributed by atoms with E-state index in [0.717, 1.165) is 31.4 Å². The molecule has 1 aliphatic rings. The van der Waals surface area contributed by atoms with Crippen molar-refractivity contribution in [2.45, 2.75) is 32.1 Å². The van der Waals surface area contributed by atoms with E-state index < -0.39 is 17.5 Å². The second kappa shape index (κ2) is 6.91. The van der Waals surface area contributed by atoms with Gasteiger partial charge in [-0.15, -0.1) is 0 Å². The Balaban J connectivity index is 1.55. The molecule has 0 saturated heterocycles. The second-order valence-corrected chi connectivity index (χ2v) is 5.94. The van der Waals surface area contributed by atoms with Gasteiger partial charge in [-0.05, 0) is 48.6 Å². The lowest BCUT2D eigenvalue weighted by atomic mass is 10.0. The van der Waals surface area contributed by atoms with Crippen LogP contribution in [0.5, 0.6) is 0 Å². The molecule has 1 amide bonds. The smallest absolute Gasteiger partial charge is 0.224 e. The highest BCUT2D eigenvalue weighted by Crippen LogP contribution is 2.23. The third-order valence-electron chi connectivity index (χ3n) is 4.20. The van der Waals surface area contributed by atoms with Crippen LogP contribution in [-0.4, -0.2) is 11.7 Å². The summed E-state index contributed by atoms with van der Waals surface area (Å²) in [6, 6.07) is 8.84. The second-order valence-electron chi connectivity index (χ2n) is 5.94. The third kappa shape index (κ3) is 3.67. The predicted octanol–water partition coefficient (Wildman–Crippen LogP) is 4.06. The number of hydrogen-bond donors (Lipinski definition) is 1. The number of ketones is 1. The van der Waals surface area contributed by atoms with E-state index in [1.165, 1.54) is 17.2 Å². The summed E-state index contributed by atoms with van der Waals surface area (Å²) in [5.74, 6) is -2.50. The summed E-state index contributed by atoms with van der Waals surface area (Å²) in [5, 5.41) is 2.46. The fourth-order valence-electron chi connectivity index (χ4n) is 2.91. The molecule has 2 aromatic carbocycles. The molecule has 1 aliphatic carbocycles. The maximum atomic E-state index is 13.1. The highest BCUT2D eigenvalue weighted by Gasteiger charge is 2.15. The first-order valence-electron chi connectivity index (χ1n) is 7.93. The van der Waals surface area contributed by atoms with E-state index in [-0.39, 0.29) is 24.3 Å². The van der Waals surface area contributed by atoms with Gasteiger partial charge in [0.1, 0.15) is 0 Å². The van der Waals surface area contributed by atoms with Gasteiger partial charge in [-0.3, -0.25) is 9.59 Å². The molecule has 3 nitrogen and oxygen atoms in total. The van der Waals surface area contributed by atoms with Gasteiger partial charge in [-0.1, -0.05) is 12.1 Å². The molecule has 0 radical (unpaired) electrons. The zero-order chi connectivity index (χ0) is 17.1. The van der Waals surface area contributed by atoms with Crippen molar-refractivity contribution in [2.75, 3.05) is 5.32 Å². The van der Waals surface area contributed by atoms with Gasteiger partial charge in [0.25, 0.3) is 0 Å². The summed E-state index contributed by atoms with van der Waals surface area (Å²) < 4.78 is 25.9. The number of carbonyl (C=O) groups is 2. The van der Waals surface area contributed by atoms with E-state index in [9.17, 15) is 18.4 Å². The lowest BCUT2D eigenvalue weighted by Gasteiger charge is -2.06. The maximum Gasteiger partial charge on any atom is 0.224 e. The van der Waals surface area contributed by atoms with Gasteiger partial charge < -0.3 is 5.32 Å². The molecule has 124 valence electrons. The number of aryl methyl sites for hydroxylation is 2. The zero-order valence-electron chi connectivity index (χ0n) is 13.1. The number of benzene rings is 2. The Bertz CT molecular complexity index is 802. The van der Waals surface area contributed by atoms with Gasteiger partial charge in [0.05, 0.1) is 0 Å². The molecule has 0 bridgehead atoms. The highest BCUT2D eigenvalue weighted by atomic mass is 19.2. The molecule has 0 atom stereocenters. The first kappa shape index (κ1) is 16.3. The number of rotatable bonds is 5. The van der Waals surface area contributed by atoms with Gasteiger partial charge in [0, 0.05) is 30.2 Å². The Morgan fingerprint density at radius 1 is 0.917 bits per heavy atom. The number of amides is 1. The average molecular weight is 329 g/mol. The van der Waals surface area contributed by atoms with Crippen LogP contribution in [0, 0.1) is 11.6 Å². The molecule has 0 fully saturated rings. The molecule has 0 heterocycles. The fourth-order valence-corrected chi connectivity index (χ4v) is 2.91. The number of halogens is 2. The van der Waals surface area contributed by atoms with Gasteiger partial charge in [0.2, 0.25) is 5.91 Å². The summed E-state index contributed by atoms with van der Waals surface area (Å²) in [6.07, 6.45) is 3.24. The van der Waals surface area contributed by atoms with Crippen LogP contribution in [0.1, 0.15) is 40.7 Å². The summed E-state index contributed by atoms with van der Waals surface area (Å²) in [6.45, 7) is 0. The van der Waals surface area contributed by atoms with Crippen LogP contribution in [0.4, 0.5) is 14.5 Å². The molecule has 1 N–H and O–H groups in total. The number of nitrogens with one attached hydrogen (secondary N) is 1. The number of Topliss-reactive ketones (excluding diaryl/α,β-unsaturated/α-hetero) is 1. The van der Waals surface area contributed by atoms with Crippen molar-refractivity contribution >= 4 is 17.4 Å². The predicted molar refractivity (Wildman–Crippen MR) is 87.0 cm³/mol. The first-order chi connectivity index (χ1) is 11.5. The standard InChI is InChI=1S/C19H17F2NO2/c20-16-7-6-15(11-17(16)21)22-19(24)9-8-18(23)14-5-4-12-2-1-3-13(12)10-14/h4-7,10-11H,1-3,8-9H2,(H,22,24). The Morgan fingerprint density at radius 2 is 1.71 bits per heavy atom. The van der Waals surface area contributed by atoms with Crippen molar-refractivity contribution in [1.29, 1.82) is 0 Å². The maximum absolute atomic E-state index is 13.1. The van der Waals surface area contributed by atoms with E-state index in [1.54, 1.807) is 6.07 Å². The van der Waals surface area contributed by atoms with Gasteiger partial charge in [-0.2, -0.15) is 0 Å². The Kier molecular flexibility index (Phi) is 4.69. The number of anilines is 1. The average Bonchev–Trinajstić information content (AvgIpc) is 3.03. The van der Waals surface area contributed by atoms with E-state index in [0.29, 0.717) is 5.56 Å². The summed E-state index contributed by atoms with van der Waals surface area (Å²) in [7, 11) is 0. The van der Waals surface area contributed by atoms with Crippen molar-refractivity contribution in [3.05, 3.63) is 64.7 Å². The van der Waals surface area contributed by atoms with Crippen molar-refractivity contribution in [3.8, 4) is 0 Å². The van der Waals surface area contributed by atoms with E-state index in [2.05, 4.69) is 5.32 Å². The molecule has 24 heavy (non-hydrogen) atoms. The topological polar surface area (TPSA) is 46.2 Å².